The van der Waals surface area contributed by atoms with Crippen LogP contribution in [0.3, 0.4) is 0 Å². The maximum absolute atomic E-state index is 13.3. The van der Waals surface area contributed by atoms with Gasteiger partial charge in [-0.2, -0.15) is 10.4 Å². The highest BCUT2D eigenvalue weighted by Gasteiger charge is 2.64. The highest BCUT2D eigenvalue weighted by Crippen LogP contribution is 2.50. The zero-order valence-electron chi connectivity index (χ0n) is 19.5. The number of carbonyl (C=O) groups excluding carboxylic acids is 1. The highest BCUT2D eigenvalue weighted by atomic mass is 19.3. The quantitative estimate of drug-likeness (QED) is 0.488. The number of hydrogen-bond donors (Lipinski definition) is 2. The number of likely N-dealkylation sites (tertiary alicyclic amines) is 1. The number of alkyl halides is 2. The van der Waals surface area contributed by atoms with Crippen LogP contribution in [-0.4, -0.2) is 66.3 Å². The van der Waals surface area contributed by atoms with Crippen LogP contribution >= 0.6 is 0 Å². The molecule has 1 saturated heterocycles. The minimum absolute atomic E-state index is 0.0130. The molecule has 2 atom stereocenters. The normalized spacial score (nSPS) is 20.2. The summed E-state index contributed by atoms with van der Waals surface area (Å²) in [5.41, 5.74) is 1.97. The van der Waals surface area contributed by atoms with Gasteiger partial charge in [0.25, 0.3) is 5.92 Å². The van der Waals surface area contributed by atoms with Crippen molar-refractivity contribution in [1.29, 1.82) is 5.26 Å². The summed E-state index contributed by atoms with van der Waals surface area (Å²) < 4.78 is 28.2. The smallest absolute Gasteiger partial charge is 0.260 e. The summed E-state index contributed by atoms with van der Waals surface area (Å²) in [6.07, 6.45) is 6.27. The van der Waals surface area contributed by atoms with Crippen LogP contribution in [0.1, 0.15) is 31.4 Å². The summed E-state index contributed by atoms with van der Waals surface area (Å²) in [6.45, 7) is 2.20. The summed E-state index contributed by atoms with van der Waals surface area (Å²) in [5, 5.41) is 26.1. The minimum atomic E-state index is -2.92. The van der Waals surface area contributed by atoms with Gasteiger partial charge in [0.15, 0.2) is 0 Å². The second-order valence-electron chi connectivity index (χ2n) is 9.39. The van der Waals surface area contributed by atoms with E-state index in [1.165, 1.54) is 4.90 Å². The van der Waals surface area contributed by atoms with Crippen LogP contribution in [0.15, 0.2) is 43.0 Å². The number of aromatic nitrogens is 5. The summed E-state index contributed by atoms with van der Waals surface area (Å²) >= 11 is 0. The van der Waals surface area contributed by atoms with Crippen molar-refractivity contribution in [3.8, 4) is 17.3 Å². The average Bonchev–Trinajstić information content (AvgIpc) is 3.24. The predicted octanol–water partition coefficient (Wildman–Crippen LogP) is 2.68. The van der Waals surface area contributed by atoms with E-state index in [0.717, 1.165) is 5.69 Å². The van der Waals surface area contributed by atoms with Crippen molar-refractivity contribution >= 4 is 17.5 Å². The van der Waals surface area contributed by atoms with Gasteiger partial charge in [0.2, 0.25) is 11.9 Å². The number of pyridine rings is 1. The molecule has 1 aliphatic carbocycles. The largest absolute Gasteiger partial charge is 0.396 e. The summed E-state index contributed by atoms with van der Waals surface area (Å²) in [6, 6.07) is 7.50. The Morgan fingerprint density at radius 3 is 2.72 bits per heavy atom. The molecule has 0 spiro atoms. The molecule has 0 aromatic carbocycles. The molecule has 5 rings (SSSR count). The first-order valence-electron chi connectivity index (χ1n) is 11.5. The predicted molar refractivity (Wildman–Crippen MR) is 124 cm³/mol. The number of rotatable bonds is 8. The molecule has 1 amide bonds. The maximum atomic E-state index is 13.3. The van der Waals surface area contributed by atoms with Crippen LogP contribution in [0.5, 0.6) is 0 Å². The fourth-order valence-electron chi connectivity index (χ4n) is 4.29. The van der Waals surface area contributed by atoms with E-state index in [-0.39, 0.29) is 32.0 Å². The first kappa shape index (κ1) is 23.7. The third kappa shape index (κ3) is 4.37. The maximum Gasteiger partial charge on any atom is 0.260 e. The Morgan fingerprint density at radius 2 is 2.08 bits per heavy atom. The number of aliphatic hydroxyl groups excluding tert-OH is 1. The lowest BCUT2D eigenvalue weighted by Gasteiger charge is -2.49. The van der Waals surface area contributed by atoms with Crippen molar-refractivity contribution in [3.05, 3.63) is 48.7 Å². The lowest BCUT2D eigenvalue weighted by molar-refractivity contribution is -0.146. The van der Waals surface area contributed by atoms with Gasteiger partial charge < -0.3 is 15.3 Å². The van der Waals surface area contributed by atoms with Crippen LogP contribution in [0, 0.1) is 17.2 Å². The van der Waals surface area contributed by atoms with Gasteiger partial charge in [-0.05, 0) is 18.2 Å². The molecule has 1 saturated carbocycles. The van der Waals surface area contributed by atoms with E-state index in [1.54, 1.807) is 35.5 Å². The van der Waals surface area contributed by atoms with E-state index in [2.05, 4.69) is 31.4 Å². The van der Waals surface area contributed by atoms with Gasteiger partial charge in [-0.1, -0.05) is 6.92 Å². The van der Waals surface area contributed by atoms with E-state index in [1.807, 2.05) is 19.1 Å². The van der Waals surface area contributed by atoms with Gasteiger partial charge in [0.1, 0.15) is 11.5 Å². The summed E-state index contributed by atoms with van der Waals surface area (Å²) in [5.74, 6) is -4.45. The first-order valence-corrected chi connectivity index (χ1v) is 11.5. The van der Waals surface area contributed by atoms with Gasteiger partial charge in [-0.15, -0.1) is 0 Å². The monoisotopic (exact) mass is 494 g/mol. The fourth-order valence-corrected chi connectivity index (χ4v) is 4.29. The fraction of sp³-hybridized carbons (Fsp3) is 0.417. The van der Waals surface area contributed by atoms with Crippen LogP contribution in [0.4, 0.5) is 20.4 Å². The molecule has 3 aromatic rings. The molecule has 0 bridgehead atoms. The second kappa shape index (κ2) is 8.91. The number of nitriles is 1. The Hall–Kier alpha value is -3.98. The number of carbonyl (C=O) groups is 1. The van der Waals surface area contributed by atoms with Crippen LogP contribution in [-0.2, 0) is 10.3 Å². The Morgan fingerprint density at radius 1 is 1.31 bits per heavy atom. The molecule has 3 aromatic heterocycles. The molecule has 10 nitrogen and oxygen atoms in total. The van der Waals surface area contributed by atoms with Crippen molar-refractivity contribution < 1.29 is 18.7 Å². The average molecular weight is 495 g/mol. The zero-order valence-corrected chi connectivity index (χ0v) is 19.5. The number of aliphatic hydroxyl groups is 1. The van der Waals surface area contributed by atoms with Gasteiger partial charge in [-0.25, -0.2) is 18.7 Å². The molecule has 0 radical (unpaired) electrons. The van der Waals surface area contributed by atoms with Crippen molar-refractivity contribution in [3.63, 3.8) is 0 Å². The van der Waals surface area contributed by atoms with Crippen molar-refractivity contribution in [1.82, 2.24) is 29.6 Å². The number of amides is 1. The Balaban J connectivity index is 1.29. The van der Waals surface area contributed by atoms with E-state index < -0.39 is 29.7 Å². The van der Waals surface area contributed by atoms with Gasteiger partial charge >= 0.3 is 0 Å². The Kier molecular flexibility index (Phi) is 5.88. The molecule has 1 unspecified atom stereocenters. The lowest BCUT2D eigenvalue weighted by Crippen LogP contribution is -2.64. The Labute approximate surface area is 205 Å². The highest BCUT2D eigenvalue weighted by molar-refractivity contribution is 5.84. The van der Waals surface area contributed by atoms with Crippen LogP contribution < -0.4 is 5.32 Å². The second-order valence-corrected chi connectivity index (χ2v) is 9.39. The third-order valence-electron chi connectivity index (χ3n) is 6.66. The number of hydrogen-bond acceptors (Lipinski definition) is 8. The van der Waals surface area contributed by atoms with E-state index >= 15 is 0 Å². The number of nitrogens with zero attached hydrogens (tertiary/aromatic N) is 7. The van der Waals surface area contributed by atoms with Crippen molar-refractivity contribution in [2.24, 2.45) is 5.92 Å². The molecule has 1 aliphatic heterocycles. The SMILES string of the molecule is CC(CO)c1ccc(Nc2nccc(-c3cnn(C4(CC#N)CN(C(=O)[C@@H]5CC5(F)F)C4)c3)n2)cn1. The summed E-state index contributed by atoms with van der Waals surface area (Å²) in [4.78, 5) is 26.8. The van der Waals surface area contributed by atoms with Crippen LogP contribution in [0.25, 0.3) is 11.3 Å². The lowest BCUT2D eigenvalue weighted by atomic mass is 9.86. The van der Waals surface area contributed by atoms with Gasteiger partial charge in [-0.3, -0.25) is 14.5 Å². The van der Waals surface area contributed by atoms with Crippen molar-refractivity contribution in [2.75, 3.05) is 25.0 Å². The standard InChI is InChI=1S/C24H24F2N8O2/c1-15(12-35)19-3-2-17(10-29-19)31-22-28-7-4-20(32-22)16-9-30-34(11-16)23(5-6-27)13-33(14-23)21(36)18-8-24(18,25)26/h2-4,7,9-11,15,18,35H,5,8,12-14H2,1H3,(H,28,31,32)/t15?,18-/m0/s1. The summed E-state index contributed by atoms with van der Waals surface area (Å²) in [7, 11) is 0. The van der Waals surface area contributed by atoms with Gasteiger partial charge in [0, 0.05) is 49.1 Å². The molecule has 186 valence electrons. The van der Waals surface area contributed by atoms with E-state index in [9.17, 15) is 23.9 Å². The minimum Gasteiger partial charge on any atom is -0.396 e. The number of anilines is 2. The zero-order chi connectivity index (χ0) is 25.5. The van der Waals surface area contributed by atoms with Gasteiger partial charge in [0.05, 0.1) is 42.9 Å². The molecule has 4 heterocycles. The molecule has 36 heavy (non-hydrogen) atoms. The number of nitrogens with one attached hydrogen (secondary N) is 1. The molecular weight excluding hydrogens is 470 g/mol. The third-order valence-corrected chi connectivity index (χ3v) is 6.66. The molecule has 2 N–H and O–H groups in total. The van der Waals surface area contributed by atoms with E-state index in [0.29, 0.717) is 22.9 Å². The Bertz CT molecular complexity index is 1310. The molecule has 2 fully saturated rings. The van der Waals surface area contributed by atoms with E-state index in [4.69, 9.17) is 0 Å². The molecular formula is C24H24F2N8O2. The molecule has 12 heteroatoms. The topological polar surface area (TPSA) is 133 Å². The number of halogens is 2. The van der Waals surface area contributed by atoms with Crippen LogP contribution in [0.2, 0.25) is 0 Å². The molecule has 2 aliphatic rings. The first-order chi connectivity index (χ1) is 17.2. The van der Waals surface area contributed by atoms with Crippen molar-refractivity contribution in [2.45, 2.75) is 37.1 Å².